The van der Waals surface area contributed by atoms with Gasteiger partial charge in [0.25, 0.3) is 0 Å². The zero-order valence-corrected chi connectivity index (χ0v) is 13.1. The van der Waals surface area contributed by atoms with Crippen LogP contribution in [0.3, 0.4) is 0 Å². The van der Waals surface area contributed by atoms with Crippen molar-refractivity contribution in [3.05, 3.63) is 35.9 Å². The van der Waals surface area contributed by atoms with Crippen LogP contribution in [0.1, 0.15) is 51.1 Å². The molecule has 2 rings (SSSR count). The summed E-state index contributed by atoms with van der Waals surface area (Å²) in [7, 11) is 0. The number of nitrogens with one attached hydrogen (secondary N) is 1. The van der Waals surface area contributed by atoms with Crippen LogP contribution in [0.4, 0.5) is 0 Å². The van der Waals surface area contributed by atoms with Gasteiger partial charge in [0, 0.05) is 11.8 Å². The molecule has 20 heavy (non-hydrogen) atoms. The molecule has 1 N–H and O–H groups in total. The van der Waals surface area contributed by atoms with E-state index in [2.05, 4.69) is 19.2 Å². The van der Waals surface area contributed by atoms with Crippen molar-refractivity contribution in [2.45, 2.75) is 45.6 Å². The molecule has 0 spiro atoms. The van der Waals surface area contributed by atoms with Crippen molar-refractivity contribution in [3.63, 3.8) is 0 Å². The third-order valence-electron chi connectivity index (χ3n) is 4.50. The van der Waals surface area contributed by atoms with E-state index < -0.39 is 0 Å². The fourth-order valence-electron chi connectivity index (χ4n) is 3.15. The quantitative estimate of drug-likeness (QED) is 0.824. The van der Waals surface area contributed by atoms with E-state index in [1.54, 1.807) is 0 Å². The van der Waals surface area contributed by atoms with E-state index in [1.165, 1.54) is 6.42 Å². The van der Waals surface area contributed by atoms with E-state index in [-0.39, 0.29) is 23.3 Å². The average Bonchev–Trinajstić information content (AvgIpc) is 2.45. The smallest absolute Gasteiger partial charge is 0.224 e. The Bertz CT molecular complexity index is 444. The standard InChI is InChI=1S/C17H24ClNO/c1-17(2)11-7-6-10-14(17)16(20)19-15(12-18)13-8-4-3-5-9-13/h3-5,8-9,14-15H,6-7,10-12H2,1-2H3,(H,19,20). The topological polar surface area (TPSA) is 29.1 Å². The summed E-state index contributed by atoms with van der Waals surface area (Å²) in [6, 6.07) is 9.86. The van der Waals surface area contributed by atoms with Crippen molar-refractivity contribution in [3.8, 4) is 0 Å². The fourth-order valence-corrected chi connectivity index (χ4v) is 3.40. The highest BCUT2D eigenvalue weighted by atomic mass is 35.5. The third-order valence-corrected chi connectivity index (χ3v) is 4.81. The van der Waals surface area contributed by atoms with Crippen LogP contribution in [0.5, 0.6) is 0 Å². The molecule has 3 heteroatoms. The van der Waals surface area contributed by atoms with Gasteiger partial charge in [-0.3, -0.25) is 4.79 Å². The zero-order valence-electron chi connectivity index (χ0n) is 12.4. The van der Waals surface area contributed by atoms with Gasteiger partial charge in [0.1, 0.15) is 0 Å². The Labute approximate surface area is 126 Å². The van der Waals surface area contributed by atoms with Crippen LogP contribution in [0.25, 0.3) is 0 Å². The number of rotatable bonds is 4. The summed E-state index contributed by atoms with van der Waals surface area (Å²) in [5.74, 6) is 0.665. The van der Waals surface area contributed by atoms with Gasteiger partial charge in [-0.2, -0.15) is 0 Å². The highest BCUT2D eigenvalue weighted by Gasteiger charge is 2.37. The van der Waals surface area contributed by atoms with Crippen LogP contribution < -0.4 is 5.32 Å². The van der Waals surface area contributed by atoms with Gasteiger partial charge in [-0.15, -0.1) is 11.6 Å². The van der Waals surface area contributed by atoms with Crippen molar-refractivity contribution in [2.24, 2.45) is 11.3 Å². The molecule has 1 amide bonds. The highest BCUT2D eigenvalue weighted by molar-refractivity contribution is 6.18. The Balaban J connectivity index is 2.06. The normalized spacial score (nSPS) is 23.1. The summed E-state index contributed by atoms with van der Waals surface area (Å²) in [5.41, 5.74) is 1.17. The summed E-state index contributed by atoms with van der Waals surface area (Å²) in [6.45, 7) is 4.41. The van der Waals surface area contributed by atoms with Crippen LogP contribution in [0, 0.1) is 11.3 Å². The first-order chi connectivity index (χ1) is 9.54. The summed E-state index contributed by atoms with van der Waals surface area (Å²) >= 11 is 6.04. The van der Waals surface area contributed by atoms with Crippen LogP contribution in [0.2, 0.25) is 0 Å². The molecule has 2 nitrogen and oxygen atoms in total. The second-order valence-corrected chi connectivity index (χ2v) is 6.72. The van der Waals surface area contributed by atoms with Gasteiger partial charge in [-0.05, 0) is 23.8 Å². The van der Waals surface area contributed by atoms with Crippen LogP contribution >= 0.6 is 11.6 Å². The number of hydrogen-bond donors (Lipinski definition) is 1. The van der Waals surface area contributed by atoms with Gasteiger partial charge in [-0.1, -0.05) is 57.0 Å². The zero-order chi connectivity index (χ0) is 14.6. The number of halogens is 1. The SMILES string of the molecule is CC1(C)CCCCC1C(=O)NC(CCl)c1ccccc1. The number of alkyl halides is 1. The molecule has 1 fully saturated rings. The minimum Gasteiger partial charge on any atom is -0.348 e. The first kappa shape index (κ1) is 15.4. The number of hydrogen-bond acceptors (Lipinski definition) is 1. The maximum atomic E-state index is 12.6. The van der Waals surface area contributed by atoms with Crippen molar-refractivity contribution >= 4 is 17.5 Å². The molecule has 0 radical (unpaired) electrons. The number of benzene rings is 1. The molecule has 1 aromatic rings. The highest BCUT2D eigenvalue weighted by Crippen LogP contribution is 2.40. The Morgan fingerprint density at radius 1 is 1.35 bits per heavy atom. The van der Waals surface area contributed by atoms with Crippen LogP contribution in [-0.4, -0.2) is 11.8 Å². The summed E-state index contributed by atoms with van der Waals surface area (Å²) in [5, 5.41) is 3.14. The molecule has 2 atom stereocenters. The lowest BCUT2D eigenvalue weighted by atomic mass is 9.68. The Hall–Kier alpha value is -1.02. The predicted molar refractivity (Wildman–Crippen MR) is 83.8 cm³/mol. The van der Waals surface area contributed by atoms with Crippen LogP contribution in [0.15, 0.2) is 30.3 Å². The molecule has 110 valence electrons. The lowest BCUT2D eigenvalue weighted by molar-refractivity contribution is -0.130. The minimum absolute atomic E-state index is 0.0931. The van der Waals surface area contributed by atoms with Gasteiger partial charge in [0.05, 0.1) is 6.04 Å². The molecular formula is C17H24ClNO. The van der Waals surface area contributed by atoms with Crippen molar-refractivity contribution in [1.29, 1.82) is 0 Å². The third kappa shape index (κ3) is 3.54. The van der Waals surface area contributed by atoms with E-state index in [0.717, 1.165) is 24.8 Å². The first-order valence-electron chi connectivity index (χ1n) is 7.46. The summed E-state index contributed by atoms with van der Waals surface area (Å²) in [4.78, 5) is 12.6. The fraction of sp³-hybridized carbons (Fsp3) is 0.588. The molecule has 0 aromatic heterocycles. The lowest BCUT2D eigenvalue weighted by Crippen LogP contribution is -2.42. The van der Waals surface area contributed by atoms with Gasteiger partial charge in [0.15, 0.2) is 0 Å². The van der Waals surface area contributed by atoms with Crippen molar-refractivity contribution in [2.75, 3.05) is 5.88 Å². The maximum Gasteiger partial charge on any atom is 0.224 e. The van der Waals surface area contributed by atoms with Gasteiger partial charge >= 0.3 is 0 Å². The van der Waals surface area contributed by atoms with E-state index in [0.29, 0.717) is 5.88 Å². The second kappa shape index (κ2) is 6.62. The van der Waals surface area contributed by atoms with E-state index >= 15 is 0 Å². The van der Waals surface area contributed by atoms with E-state index in [9.17, 15) is 4.79 Å². The largest absolute Gasteiger partial charge is 0.348 e. The van der Waals surface area contributed by atoms with Gasteiger partial charge < -0.3 is 5.32 Å². The van der Waals surface area contributed by atoms with Gasteiger partial charge in [-0.25, -0.2) is 0 Å². The number of carbonyl (C=O) groups excluding carboxylic acids is 1. The molecule has 1 aliphatic carbocycles. The lowest BCUT2D eigenvalue weighted by Gasteiger charge is -2.38. The second-order valence-electron chi connectivity index (χ2n) is 6.41. The molecule has 2 unspecified atom stereocenters. The molecule has 0 aliphatic heterocycles. The monoisotopic (exact) mass is 293 g/mol. The average molecular weight is 294 g/mol. The molecule has 1 aromatic carbocycles. The maximum absolute atomic E-state index is 12.6. The molecule has 0 heterocycles. The predicted octanol–water partition coefficient (Wildman–Crippen LogP) is 4.30. The Kier molecular flexibility index (Phi) is 5.09. The Morgan fingerprint density at radius 2 is 2.05 bits per heavy atom. The number of carbonyl (C=O) groups is 1. The molecule has 0 saturated heterocycles. The molecule has 1 aliphatic rings. The van der Waals surface area contributed by atoms with Crippen LogP contribution in [-0.2, 0) is 4.79 Å². The van der Waals surface area contributed by atoms with Gasteiger partial charge in [0.2, 0.25) is 5.91 Å². The summed E-state index contributed by atoms with van der Waals surface area (Å²) in [6.07, 6.45) is 4.50. The molecule has 0 bridgehead atoms. The minimum atomic E-state index is -0.0944. The molecular weight excluding hydrogens is 270 g/mol. The van der Waals surface area contributed by atoms with Crippen molar-refractivity contribution < 1.29 is 4.79 Å². The summed E-state index contributed by atoms with van der Waals surface area (Å²) < 4.78 is 0. The Morgan fingerprint density at radius 3 is 2.65 bits per heavy atom. The van der Waals surface area contributed by atoms with E-state index in [4.69, 9.17) is 11.6 Å². The molecule has 1 saturated carbocycles. The van der Waals surface area contributed by atoms with Crippen molar-refractivity contribution in [1.82, 2.24) is 5.32 Å². The van der Waals surface area contributed by atoms with E-state index in [1.807, 2.05) is 30.3 Å². The number of amides is 1. The first-order valence-corrected chi connectivity index (χ1v) is 7.99.